The second-order valence-corrected chi connectivity index (χ2v) is 7.19. The van der Waals surface area contributed by atoms with Gasteiger partial charge in [0.1, 0.15) is 10.2 Å². The standard InChI is InChI=1S/C19H21BrN2O2/c1-19(2,3)24-18(23)22(4)16-9-7-14(8-10-16)5-6-15-11-12-21-17(20)13-15/h5-13H,1-4H3/b6-5+. The van der Waals surface area contributed by atoms with E-state index in [1.807, 2.05) is 69.3 Å². The second-order valence-electron chi connectivity index (χ2n) is 6.38. The molecule has 0 fully saturated rings. The van der Waals surface area contributed by atoms with Gasteiger partial charge in [-0.3, -0.25) is 4.90 Å². The molecule has 5 heteroatoms. The van der Waals surface area contributed by atoms with Gasteiger partial charge in [0.15, 0.2) is 0 Å². The molecule has 2 rings (SSSR count). The van der Waals surface area contributed by atoms with E-state index < -0.39 is 5.60 Å². The number of aromatic nitrogens is 1. The first kappa shape index (κ1) is 18.2. The maximum Gasteiger partial charge on any atom is 0.414 e. The summed E-state index contributed by atoms with van der Waals surface area (Å²) in [5, 5.41) is 0. The van der Waals surface area contributed by atoms with Gasteiger partial charge in [-0.05, 0) is 72.1 Å². The van der Waals surface area contributed by atoms with Crippen LogP contribution in [-0.2, 0) is 4.74 Å². The lowest BCUT2D eigenvalue weighted by Crippen LogP contribution is -2.34. The molecule has 0 bridgehead atoms. The van der Waals surface area contributed by atoms with Crippen molar-refractivity contribution in [2.75, 3.05) is 11.9 Å². The Hall–Kier alpha value is -2.14. The number of anilines is 1. The third-order valence-corrected chi connectivity index (χ3v) is 3.60. The zero-order valence-electron chi connectivity index (χ0n) is 14.3. The Bertz CT molecular complexity index is 734. The summed E-state index contributed by atoms with van der Waals surface area (Å²) in [6.45, 7) is 5.55. The van der Waals surface area contributed by atoms with E-state index in [4.69, 9.17) is 4.74 Å². The number of amides is 1. The van der Waals surface area contributed by atoms with E-state index in [-0.39, 0.29) is 6.09 Å². The van der Waals surface area contributed by atoms with Gasteiger partial charge in [-0.15, -0.1) is 0 Å². The largest absolute Gasteiger partial charge is 0.443 e. The average molecular weight is 389 g/mol. The number of nitrogens with zero attached hydrogens (tertiary/aromatic N) is 2. The molecule has 0 aliphatic heterocycles. The smallest absolute Gasteiger partial charge is 0.414 e. The van der Waals surface area contributed by atoms with Gasteiger partial charge in [-0.1, -0.05) is 24.3 Å². The lowest BCUT2D eigenvalue weighted by Gasteiger charge is -2.24. The van der Waals surface area contributed by atoms with Crippen LogP contribution in [0, 0.1) is 0 Å². The highest BCUT2D eigenvalue weighted by Crippen LogP contribution is 2.19. The van der Waals surface area contributed by atoms with Gasteiger partial charge in [0.05, 0.1) is 0 Å². The molecule has 0 aliphatic carbocycles. The molecular weight excluding hydrogens is 368 g/mol. The monoisotopic (exact) mass is 388 g/mol. The maximum absolute atomic E-state index is 12.1. The highest BCUT2D eigenvalue weighted by Gasteiger charge is 2.20. The summed E-state index contributed by atoms with van der Waals surface area (Å²) in [6, 6.07) is 11.6. The fourth-order valence-corrected chi connectivity index (χ4v) is 2.34. The molecule has 1 aromatic heterocycles. The number of ether oxygens (including phenoxy) is 1. The summed E-state index contributed by atoms with van der Waals surface area (Å²) in [4.78, 5) is 17.7. The number of benzene rings is 1. The Morgan fingerprint density at radius 1 is 1.12 bits per heavy atom. The van der Waals surface area contributed by atoms with Crippen molar-refractivity contribution in [2.45, 2.75) is 26.4 Å². The first-order chi connectivity index (χ1) is 11.2. The minimum atomic E-state index is -0.507. The quantitative estimate of drug-likeness (QED) is 0.662. The molecule has 1 amide bonds. The summed E-state index contributed by atoms with van der Waals surface area (Å²) in [5.41, 5.74) is 2.39. The summed E-state index contributed by atoms with van der Waals surface area (Å²) in [6.07, 6.45) is 5.41. The van der Waals surface area contributed by atoms with E-state index in [0.717, 1.165) is 21.4 Å². The normalized spacial score (nSPS) is 11.5. The van der Waals surface area contributed by atoms with Crippen LogP contribution in [0.1, 0.15) is 31.9 Å². The number of rotatable bonds is 3. The molecule has 0 saturated carbocycles. The van der Waals surface area contributed by atoms with Crippen LogP contribution < -0.4 is 4.90 Å². The van der Waals surface area contributed by atoms with Crippen molar-refractivity contribution in [3.63, 3.8) is 0 Å². The second kappa shape index (κ2) is 7.62. The van der Waals surface area contributed by atoms with Crippen molar-refractivity contribution in [1.29, 1.82) is 0 Å². The van der Waals surface area contributed by atoms with Gasteiger partial charge < -0.3 is 4.74 Å². The topological polar surface area (TPSA) is 42.4 Å². The fraction of sp³-hybridized carbons (Fsp3) is 0.263. The summed E-state index contributed by atoms with van der Waals surface area (Å²) >= 11 is 3.35. The Kier molecular flexibility index (Phi) is 5.78. The lowest BCUT2D eigenvalue weighted by molar-refractivity contribution is 0.0589. The number of hydrogen-bond donors (Lipinski definition) is 0. The van der Waals surface area contributed by atoms with Gasteiger partial charge in [0, 0.05) is 18.9 Å². The van der Waals surface area contributed by atoms with E-state index in [2.05, 4.69) is 20.9 Å². The van der Waals surface area contributed by atoms with Crippen LogP contribution in [0.4, 0.5) is 10.5 Å². The first-order valence-corrected chi connectivity index (χ1v) is 8.40. The Labute approximate surface area is 151 Å². The van der Waals surface area contributed by atoms with Gasteiger partial charge in [0.2, 0.25) is 0 Å². The molecular formula is C19H21BrN2O2. The van der Waals surface area contributed by atoms with E-state index in [1.54, 1.807) is 13.2 Å². The Balaban J connectivity index is 2.06. The van der Waals surface area contributed by atoms with Crippen molar-refractivity contribution in [3.05, 3.63) is 58.3 Å². The molecule has 0 saturated heterocycles. The molecule has 4 nitrogen and oxygen atoms in total. The van der Waals surface area contributed by atoms with E-state index in [1.165, 1.54) is 4.90 Å². The van der Waals surface area contributed by atoms with E-state index in [0.29, 0.717) is 0 Å². The predicted molar refractivity (Wildman–Crippen MR) is 102 cm³/mol. The number of halogens is 1. The molecule has 0 N–H and O–H groups in total. The third-order valence-electron chi connectivity index (χ3n) is 3.17. The van der Waals surface area contributed by atoms with Crippen molar-refractivity contribution >= 4 is 39.9 Å². The van der Waals surface area contributed by atoms with Gasteiger partial charge in [-0.25, -0.2) is 9.78 Å². The summed E-state index contributed by atoms with van der Waals surface area (Å²) in [5.74, 6) is 0. The van der Waals surface area contributed by atoms with Crippen LogP contribution in [0.3, 0.4) is 0 Å². The third kappa shape index (κ3) is 5.49. The van der Waals surface area contributed by atoms with Crippen molar-refractivity contribution in [2.24, 2.45) is 0 Å². The fourth-order valence-electron chi connectivity index (χ4n) is 1.96. The summed E-state index contributed by atoms with van der Waals surface area (Å²) in [7, 11) is 1.70. The molecule has 0 atom stereocenters. The van der Waals surface area contributed by atoms with Crippen molar-refractivity contribution in [1.82, 2.24) is 4.98 Å². The van der Waals surface area contributed by atoms with E-state index >= 15 is 0 Å². The lowest BCUT2D eigenvalue weighted by atomic mass is 10.1. The number of carbonyl (C=O) groups excluding carboxylic acids is 1. The molecule has 126 valence electrons. The van der Waals surface area contributed by atoms with Crippen LogP contribution in [0.2, 0.25) is 0 Å². The Morgan fingerprint density at radius 2 is 1.75 bits per heavy atom. The van der Waals surface area contributed by atoms with Crippen molar-refractivity contribution < 1.29 is 9.53 Å². The molecule has 1 aromatic carbocycles. The van der Waals surface area contributed by atoms with Gasteiger partial charge in [0.25, 0.3) is 0 Å². The molecule has 1 heterocycles. The summed E-state index contributed by atoms with van der Waals surface area (Å²) < 4.78 is 6.17. The van der Waals surface area contributed by atoms with Crippen LogP contribution in [0.5, 0.6) is 0 Å². The van der Waals surface area contributed by atoms with Crippen molar-refractivity contribution in [3.8, 4) is 0 Å². The van der Waals surface area contributed by atoms with Crippen LogP contribution in [0.15, 0.2) is 47.2 Å². The van der Waals surface area contributed by atoms with E-state index in [9.17, 15) is 4.79 Å². The minimum absolute atomic E-state index is 0.368. The highest BCUT2D eigenvalue weighted by molar-refractivity contribution is 9.10. The van der Waals surface area contributed by atoms with Gasteiger partial charge >= 0.3 is 6.09 Å². The molecule has 2 aromatic rings. The average Bonchev–Trinajstić information content (AvgIpc) is 2.51. The molecule has 24 heavy (non-hydrogen) atoms. The number of hydrogen-bond acceptors (Lipinski definition) is 3. The molecule has 0 spiro atoms. The first-order valence-electron chi connectivity index (χ1n) is 7.61. The Morgan fingerprint density at radius 3 is 2.33 bits per heavy atom. The SMILES string of the molecule is CN(C(=O)OC(C)(C)C)c1ccc(/C=C/c2ccnc(Br)c2)cc1. The zero-order valence-corrected chi connectivity index (χ0v) is 15.9. The van der Waals surface area contributed by atoms with Crippen LogP contribution in [-0.4, -0.2) is 23.7 Å². The maximum atomic E-state index is 12.1. The number of pyridine rings is 1. The predicted octanol–water partition coefficient (Wildman–Crippen LogP) is 5.39. The highest BCUT2D eigenvalue weighted by atomic mass is 79.9. The number of carbonyl (C=O) groups is 1. The molecule has 0 radical (unpaired) electrons. The van der Waals surface area contributed by atoms with Crippen LogP contribution in [0.25, 0.3) is 12.2 Å². The molecule has 0 unspecified atom stereocenters. The minimum Gasteiger partial charge on any atom is -0.443 e. The van der Waals surface area contributed by atoms with Gasteiger partial charge in [-0.2, -0.15) is 0 Å². The van der Waals surface area contributed by atoms with Crippen LogP contribution >= 0.6 is 15.9 Å². The molecule has 0 aliphatic rings. The zero-order chi connectivity index (χ0) is 17.7.